The third kappa shape index (κ3) is 2.73. The van der Waals surface area contributed by atoms with Crippen molar-refractivity contribution in [1.82, 2.24) is 15.0 Å². The van der Waals surface area contributed by atoms with Crippen LogP contribution < -0.4 is 0 Å². The molecule has 124 valence electrons. The second-order valence-corrected chi connectivity index (χ2v) is 5.11. The molecule has 1 aliphatic heterocycles. The predicted octanol–water partition coefficient (Wildman–Crippen LogP) is 2.09. The molecule has 0 spiro atoms. The van der Waals surface area contributed by atoms with Crippen molar-refractivity contribution in [3.8, 4) is 0 Å². The first-order valence-electron chi connectivity index (χ1n) is 6.85. The summed E-state index contributed by atoms with van der Waals surface area (Å²) in [4.78, 5) is 20.1. The molecule has 24 heavy (non-hydrogen) atoms. The van der Waals surface area contributed by atoms with Crippen molar-refractivity contribution in [1.29, 1.82) is 0 Å². The Morgan fingerprint density at radius 1 is 1.21 bits per heavy atom. The number of hydrogen-bond donors (Lipinski definition) is 1. The summed E-state index contributed by atoms with van der Waals surface area (Å²) in [6.07, 6.45) is -1.75. The monoisotopic (exact) mass is 336 g/mol. The summed E-state index contributed by atoms with van der Waals surface area (Å²) in [5, 5.41) is 14.5. The van der Waals surface area contributed by atoms with Gasteiger partial charge in [-0.25, -0.2) is 0 Å². The molecule has 2 aromatic rings. The van der Waals surface area contributed by atoms with Gasteiger partial charge in [-0.1, -0.05) is 12.1 Å². The van der Waals surface area contributed by atoms with E-state index in [9.17, 15) is 23.1 Å². The molecule has 3 heterocycles. The van der Waals surface area contributed by atoms with E-state index in [1.165, 1.54) is 42.9 Å². The lowest BCUT2D eigenvalue weighted by molar-refractivity contribution is -0.0819. The molecule has 1 atom stereocenters. The summed E-state index contributed by atoms with van der Waals surface area (Å²) in [7, 11) is 0. The Morgan fingerprint density at radius 2 is 2.00 bits per heavy atom. The van der Waals surface area contributed by atoms with Crippen LogP contribution in [0.5, 0.6) is 0 Å². The lowest BCUT2D eigenvalue weighted by atomic mass is 9.98. The van der Waals surface area contributed by atoms with E-state index in [0.29, 0.717) is 5.01 Å². The number of pyridine rings is 2. The summed E-state index contributed by atoms with van der Waals surface area (Å²) in [6, 6.07) is 7.21. The predicted molar refractivity (Wildman–Crippen MR) is 76.6 cm³/mol. The molecule has 2 aromatic heterocycles. The summed E-state index contributed by atoms with van der Waals surface area (Å²) in [5.74, 6) is -0.943. The van der Waals surface area contributed by atoms with Crippen LogP contribution in [0.25, 0.3) is 0 Å². The second kappa shape index (κ2) is 5.68. The van der Waals surface area contributed by atoms with E-state index in [1.807, 2.05) is 0 Å². The maximum atomic E-state index is 13.0. The number of carbonyl (C=O) groups excluding carboxylic acids is 1. The molecule has 1 unspecified atom stereocenters. The number of carbonyl (C=O) groups is 1. The number of hydrogen-bond acceptors (Lipinski definition) is 5. The highest BCUT2D eigenvalue weighted by atomic mass is 19.4. The molecule has 6 nitrogen and oxygen atoms in total. The zero-order valence-electron chi connectivity index (χ0n) is 12.1. The number of hydrazone groups is 1. The van der Waals surface area contributed by atoms with Gasteiger partial charge in [0.2, 0.25) is 0 Å². The summed E-state index contributed by atoms with van der Waals surface area (Å²) in [6.45, 7) is 0. The van der Waals surface area contributed by atoms with Gasteiger partial charge in [-0.3, -0.25) is 14.8 Å². The number of aromatic nitrogens is 2. The van der Waals surface area contributed by atoms with Crippen LogP contribution in [0.15, 0.2) is 54.0 Å². The van der Waals surface area contributed by atoms with Crippen LogP contribution in [0, 0.1) is 0 Å². The third-order valence-corrected chi connectivity index (χ3v) is 3.51. The lowest BCUT2D eigenvalue weighted by Gasteiger charge is -2.30. The van der Waals surface area contributed by atoms with Gasteiger partial charge < -0.3 is 5.11 Å². The van der Waals surface area contributed by atoms with Crippen molar-refractivity contribution in [2.75, 3.05) is 0 Å². The molecule has 0 fully saturated rings. The molecule has 1 N–H and O–H groups in total. The minimum atomic E-state index is -4.77. The fourth-order valence-electron chi connectivity index (χ4n) is 2.34. The first-order chi connectivity index (χ1) is 11.3. The molecule has 0 aromatic carbocycles. The van der Waals surface area contributed by atoms with Crippen molar-refractivity contribution < 1.29 is 23.1 Å². The summed E-state index contributed by atoms with van der Waals surface area (Å²) < 4.78 is 39.1. The van der Waals surface area contributed by atoms with E-state index in [4.69, 9.17) is 0 Å². The van der Waals surface area contributed by atoms with Gasteiger partial charge in [-0.15, -0.1) is 0 Å². The van der Waals surface area contributed by atoms with Gasteiger partial charge in [0, 0.05) is 24.2 Å². The van der Waals surface area contributed by atoms with Crippen LogP contribution >= 0.6 is 0 Å². The van der Waals surface area contributed by atoms with Crippen LogP contribution in [-0.2, 0) is 5.72 Å². The number of nitrogens with zero attached hydrogens (tertiary/aromatic N) is 4. The Morgan fingerprint density at radius 3 is 2.58 bits per heavy atom. The first-order valence-corrected chi connectivity index (χ1v) is 6.85. The van der Waals surface area contributed by atoms with E-state index in [0.717, 1.165) is 0 Å². The van der Waals surface area contributed by atoms with Crippen LogP contribution in [0.4, 0.5) is 13.2 Å². The standard InChI is InChI=1S/C15H11F3N4O2/c16-15(17,18)12-8-14(24,10-4-3-6-19-9-10)22(21-12)13(23)11-5-1-2-7-20-11/h1-7,9,24H,8H2. The van der Waals surface area contributed by atoms with Crippen LogP contribution in [-0.4, -0.2) is 37.9 Å². The normalized spacial score (nSPS) is 20.8. The van der Waals surface area contributed by atoms with Crippen LogP contribution in [0.2, 0.25) is 0 Å². The smallest absolute Gasteiger partial charge is 0.365 e. The Bertz CT molecular complexity index is 780. The molecule has 3 rings (SSSR count). The molecule has 0 bridgehead atoms. The number of halogens is 3. The van der Waals surface area contributed by atoms with Gasteiger partial charge >= 0.3 is 6.18 Å². The Labute approximate surface area is 134 Å². The number of aliphatic hydroxyl groups is 1. The molecular weight excluding hydrogens is 325 g/mol. The van der Waals surface area contributed by atoms with Gasteiger partial charge in [0.05, 0.1) is 6.42 Å². The van der Waals surface area contributed by atoms with Crippen LogP contribution in [0.1, 0.15) is 22.5 Å². The molecule has 9 heteroatoms. The fraction of sp³-hybridized carbons (Fsp3) is 0.200. The Balaban J connectivity index is 2.07. The number of alkyl halides is 3. The molecule has 1 amide bonds. The molecule has 0 radical (unpaired) electrons. The van der Waals surface area contributed by atoms with Crippen LogP contribution in [0.3, 0.4) is 0 Å². The Kier molecular flexibility index (Phi) is 3.80. The van der Waals surface area contributed by atoms with E-state index < -0.39 is 29.9 Å². The number of rotatable bonds is 2. The maximum Gasteiger partial charge on any atom is 0.431 e. The molecule has 0 saturated heterocycles. The lowest BCUT2D eigenvalue weighted by Crippen LogP contribution is -2.44. The molecule has 0 saturated carbocycles. The van der Waals surface area contributed by atoms with Gasteiger partial charge in [0.1, 0.15) is 11.4 Å². The van der Waals surface area contributed by atoms with E-state index >= 15 is 0 Å². The second-order valence-electron chi connectivity index (χ2n) is 5.11. The average molecular weight is 336 g/mol. The number of amides is 1. The largest absolute Gasteiger partial charge is 0.431 e. The topological polar surface area (TPSA) is 78.7 Å². The third-order valence-electron chi connectivity index (χ3n) is 3.51. The quantitative estimate of drug-likeness (QED) is 0.911. The van der Waals surface area contributed by atoms with Gasteiger partial charge in [-0.05, 0) is 18.2 Å². The van der Waals surface area contributed by atoms with Crippen molar-refractivity contribution in [2.45, 2.75) is 18.3 Å². The first kappa shape index (κ1) is 16.1. The van der Waals surface area contributed by atoms with E-state index in [2.05, 4.69) is 15.1 Å². The fourth-order valence-corrected chi connectivity index (χ4v) is 2.34. The minimum Gasteiger partial charge on any atom is -0.365 e. The van der Waals surface area contributed by atoms with Crippen molar-refractivity contribution >= 4 is 11.6 Å². The highest BCUT2D eigenvalue weighted by Gasteiger charge is 2.53. The Hall–Kier alpha value is -2.81. The van der Waals surface area contributed by atoms with E-state index in [1.54, 1.807) is 6.07 Å². The van der Waals surface area contributed by atoms with Crippen molar-refractivity contribution in [3.05, 3.63) is 60.2 Å². The van der Waals surface area contributed by atoms with Gasteiger partial charge in [0.25, 0.3) is 5.91 Å². The SMILES string of the molecule is O=C(c1ccccn1)N1N=C(C(F)(F)F)CC1(O)c1cccnc1. The molecule has 1 aliphatic rings. The van der Waals surface area contributed by atoms with Gasteiger partial charge in [0.15, 0.2) is 5.72 Å². The summed E-state index contributed by atoms with van der Waals surface area (Å²) in [5.41, 5.74) is -3.64. The molecule has 0 aliphatic carbocycles. The summed E-state index contributed by atoms with van der Waals surface area (Å²) >= 11 is 0. The van der Waals surface area contributed by atoms with Gasteiger partial charge in [-0.2, -0.15) is 23.3 Å². The van der Waals surface area contributed by atoms with Crippen molar-refractivity contribution in [3.63, 3.8) is 0 Å². The maximum absolute atomic E-state index is 13.0. The zero-order valence-corrected chi connectivity index (χ0v) is 12.1. The minimum absolute atomic E-state index is 0.0253. The highest BCUT2D eigenvalue weighted by molar-refractivity contribution is 5.98. The molecular formula is C15H11F3N4O2. The average Bonchev–Trinajstić information content (AvgIpc) is 2.95. The highest BCUT2D eigenvalue weighted by Crippen LogP contribution is 2.39. The van der Waals surface area contributed by atoms with Crippen molar-refractivity contribution in [2.24, 2.45) is 5.10 Å². The van der Waals surface area contributed by atoms with E-state index in [-0.39, 0.29) is 11.3 Å². The zero-order chi connectivity index (χ0) is 17.4.